The van der Waals surface area contributed by atoms with Gasteiger partial charge in [0.2, 0.25) is 0 Å². The Bertz CT molecular complexity index is 556. The van der Waals surface area contributed by atoms with Crippen LogP contribution >= 0.6 is 0 Å². The Hall–Kier alpha value is -1.08. The van der Waals surface area contributed by atoms with Crippen LogP contribution in [0.1, 0.15) is 44.2 Å². The second-order valence-electron chi connectivity index (χ2n) is 6.98. The van der Waals surface area contributed by atoms with Gasteiger partial charge in [0.1, 0.15) is 0 Å². The predicted molar refractivity (Wildman–Crippen MR) is 73.2 cm³/mol. The Balaban J connectivity index is 1.98. The minimum atomic E-state index is -0.170. The van der Waals surface area contributed by atoms with Crippen LogP contribution in [0.25, 0.3) is 6.08 Å². The van der Waals surface area contributed by atoms with Crippen molar-refractivity contribution in [3.05, 3.63) is 41.5 Å². The Morgan fingerprint density at radius 2 is 2.00 bits per heavy atom. The summed E-state index contributed by atoms with van der Waals surface area (Å²) in [6.45, 7) is 4.75. The molecule has 0 bridgehead atoms. The van der Waals surface area contributed by atoms with Gasteiger partial charge in [0.25, 0.3) is 0 Å². The zero-order chi connectivity index (χ0) is 12.6. The summed E-state index contributed by atoms with van der Waals surface area (Å²) in [5, 5.41) is 10.6. The molecular weight excluding hydrogens is 220 g/mol. The van der Waals surface area contributed by atoms with Crippen molar-refractivity contribution in [3.8, 4) is 0 Å². The molecule has 0 spiro atoms. The number of hydrogen-bond donors (Lipinski definition) is 1. The van der Waals surface area contributed by atoms with Gasteiger partial charge < -0.3 is 5.11 Å². The molecule has 1 aromatic rings. The molecule has 1 nitrogen and oxygen atoms in total. The molecule has 18 heavy (non-hydrogen) atoms. The van der Waals surface area contributed by atoms with E-state index in [-0.39, 0.29) is 16.9 Å². The van der Waals surface area contributed by atoms with Gasteiger partial charge in [0.05, 0.1) is 6.10 Å². The summed E-state index contributed by atoms with van der Waals surface area (Å²) in [7, 11) is 0. The lowest BCUT2D eigenvalue weighted by Crippen LogP contribution is -2.45. The van der Waals surface area contributed by atoms with Crippen LogP contribution in [0, 0.1) is 10.8 Å². The highest BCUT2D eigenvalue weighted by atomic mass is 16.3. The lowest BCUT2D eigenvalue weighted by Gasteiger charge is -2.46. The molecule has 0 radical (unpaired) electrons. The van der Waals surface area contributed by atoms with Crippen molar-refractivity contribution in [3.63, 3.8) is 0 Å². The average Bonchev–Trinajstić information content (AvgIpc) is 3.09. The molecule has 3 aliphatic carbocycles. The van der Waals surface area contributed by atoms with Crippen LogP contribution in [-0.2, 0) is 5.41 Å². The highest BCUT2D eigenvalue weighted by molar-refractivity contribution is 5.67. The number of aliphatic hydroxyl groups excluding tert-OH is 1. The minimum Gasteiger partial charge on any atom is -0.392 e. The molecule has 0 amide bonds. The van der Waals surface area contributed by atoms with Gasteiger partial charge in [-0.3, -0.25) is 0 Å². The number of allylic oxidation sites excluding steroid dienone is 1. The standard InChI is InChI=1S/C17H20O/c1-15(2)9-8-14(18)17-11-16(15,17)10-7-12-5-3-4-6-13(12)17/h3-7,10,14,18H,8-9,11H2,1-2H3/t14-,16+,17+/m1/s1. The average molecular weight is 240 g/mol. The van der Waals surface area contributed by atoms with Crippen LogP contribution in [-0.4, -0.2) is 11.2 Å². The highest BCUT2D eigenvalue weighted by Gasteiger charge is 2.77. The van der Waals surface area contributed by atoms with Gasteiger partial charge in [-0.25, -0.2) is 0 Å². The van der Waals surface area contributed by atoms with Gasteiger partial charge >= 0.3 is 0 Å². The van der Waals surface area contributed by atoms with E-state index in [1.54, 1.807) is 0 Å². The highest BCUT2D eigenvalue weighted by Crippen LogP contribution is 2.79. The van der Waals surface area contributed by atoms with E-state index < -0.39 is 0 Å². The quantitative estimate of drug-likeness (QED) is 0.735. The van der Waals surface area contributed by atoms with E-state index in [2.05, 4.69) is 50.3 Å². The molecule has 0 aromatic heterocycles. The number of benzene rings is 1. The minimum absolute atomic E-state index is 0.0140. The fraction of sp³-hybridized carbons (Fsp3) is 0.529. The Kier molecular flexibility index (Phi) is 1.74. The third kappa shape index (κ3) is 0.925. The molecule has 4 rings (SSSR count). The van der Waals surface area contributed by atoms with Crippen molar-refractivity contribution >= 4 is 6.08 Å². The van der Waals surface area contributed by atoms with Crippen molar-refractivity contribution in [2.45, 2.75) is 44.6 Å². The lowest BCUT2D eigenvalue weighted by atomic mass is 9.58. The van der Waals surface area contributed by atoms with Crippen LogP contribution in [0.2, 0.25) is 0 Å². The maximum Gasteiger partial charge on any atom is 0.0646 e. The van der Waals surface area contributed by atoms with Crippen LogP contribution < -0.4 is 0 Å². The fourth-order valence-electron chi connectivity index (χ4n) is 4.85. The Labute approximate surface area is 109 Å². The van der Waals surface area contributed by atoms with Gasteiger partial charge in [-0.2, -0.15) is 0 Å². The molecule has 1 heteroatoms. The van der Waals surface area contributed by atoms with Gasteiger partial charge in [0, 0.05) is 10.8 Å². The maximum atomic E-state index is 10.6. The molecule has 3 atom stereocenters. The molecule has 2 saturated carbocycles. The van der Waals surface area contributed by atoms with Crippen molar-refractivity contribution in [1.29, 1.82) is 0 Å². The SMILES string of the molecule is CC1(C)CC[C@@H](O)[C@@]23C[C@@]12C=Cc1ccccc13. The molecule has 1 aromatic carbocycles. The van der Waals surface area contributed by atoms with Gasteiger partial charge in [-0.15, -0.1) is 0 Å². The van der Waals surface area contributed by atoms with E-state index in [1.165, 1.54) is 11.1 Å². The van der Waals surface area contributed by atoms with Crippen LogP contribution in [0.4, 0.5) is 0 Å². The van der Waals surface area contributed by atoms with Crippen LogP contribution in [0.3, 0.4) is 0 Å². The van der Waals surface area contributed by atoms with E-state index in [0.29, 0.717) is 5.41 Å². The molecular formula is C17H20O. The number of aliphatic hydroxyl groups is 1. The van der Waals surface area contributed by atoms with E-state index in [4.69, 9.17) is 0 Å². The van der Waals surface area contributed by atoms with E-state index in [0.717, 1.165) is 19.3 Å². The number of fused-ring (bicyclic) bond motifs is 1. The fourth-order valence-corrected chi connectivity index (χ4v) is 4.85. The molecule has 0 heterocycles. The summed E-state index contributed by atoms with van der Waals surface area (Å²) in [6, 6.07) is 8.61. The molecule has 94 valence electrons. The summed E-state index contributed by atoms with van der Waals surface area (Å²) in [6.07, 6.45) is 7.70. The van der Waals surface area contributed by atoms with Crippen molar-refractivity contribution in [1.82, 2.24) is 0 Å². The second-order valence-corrected chi connectivity index (χ2v) is 6.98. The zero-order valence-electron chi connectivity index (χ0n) is 11.1. The lowest BCUT2D eigenvalue weighted by molar-refractivity contribution is 0.0220. The number of rotatable bonds is 0. The van der Waals surface area contributed by atoms with Crippen molar-refractivity contribution in [2.75, 3.05) is 0 Å². The first-order valence-corrected chi connectivity index (χ1v) is 7.00. The third-order valence-electron chi connectivity index (χ3n) is 6.04. The van der Waals surface area contributed by atoms with Crippen LogP contribution in [0.5, 0.6) is 0 Å². The molecule has 1 N–H and O–H groups in total. The number of hydrogen-bond acceptors (Lipinski definition) is 1. The summed E-state index contributed by atoms with van der Waals surface area (Å²) in [5.74, 6) is 0. The monoisotopic (exact) mass is 240 g/mol. The topological polar surface area (TPSA) is 20.2 Å². The molecule has 0 aliphatic heterocycles. The van der Waals surface area contributed by atoms with Crippen molar-refractivity contribution in [2.24, 2.45) is 10.8 Å². The van der Waals surface area contributed by atoms with Gasteiger partial charge in [-0.05, 0) is 35.8 Å². The molecule has 0 unspecified atom stereocenters. The largest absolute Gasteiger partial charge is 0.392 e. The first-order valence-electron chi connectivity index (χ1n) is 7.00. The summed E-state index contributed by atoms with van der Waals surface area (Å²) in [5.41, 5.74) is 3.21. The molecule has 3 aliphatic rings. The normalized spacial score (nSPS) is 42.7. The third-order valence-corrected chi connectivity index (χ3v) is 6.04. The molecule has 0 saturated heterocycles. The van der Waals surface area contributed by atoms with E-state index in [1.807, 2.05) is 0 Å². The maximum absolute atomic E-state index is 10.6. The summed E-state index contributed by atoms with van der Waals surface area (Å²) in [4.78, 5) is 0. The second kappa shape index (κ2) is 2.91. The van der Waals surface area contributed by atoms with Gasteiger partial charge in [-0.1, -0.05) is 50.3 Å². The molecule has 2 fully saturated rings. The van der Waals surface area contributed by atoms with Crippen LogP contribution in [0.15, 0.2) is 30.3 Å². The first-order chi connectivity index (χ1) is 8.54. The Morgan fingerprint density at radius 3 is 2.83 bits per heavy atom. The van der Waals surface area contributed by atoms with Crippen molar-refractivity contribution < 1.29 is 5.11 Å². The van der Waals surface area contributed by atoms with Gasteiger partial charge in [0.15, 0.2) is 0 Å². The van der Waals surface area contributed by atoms with E-state index in [9.17, 15) is 5.11 Å². The smallest absolute Gasteiger partial charge is 0.0646 e. The zero-order valence-corrected chi connectivity index (χ0v) is 11.1. The first kappa shape index (κ1) is 10.8. The van der Waals surface area contributed by atoms with E-state index >= 15 is 0 Å². The summed E-state index contributed by atoms with van der Waals surface area (Å²) >= 11 is 0. The summed E-state index contributed by atoms with van der Waals surface area (Å²) < 4.78 is 0. The predicted octanol–water partition coefficient (Wildman–Crippen LogP) is 3.52. The Morgan fingerprint density at radius 1 is 1.22 bits per heavy atom.